The SMILES string of the molecule is CCCc1cc2c(=O)c(-c3ccc4c(c3)OCCO4)coc2cc1OCc1ccc(Cl)c(Cl)c1. The molecule has 34 heavy (non-hydrogen) atoms. The van der Waals surface area contributed by atoms with Gasteiger partial charge in [-0.3, -0.25) is 4.79 Å². The summed E-state index contributed by atoms with van der Waals surface area (Å²) in [7, 11) is 0. The monoisotopic (exact) mass is 496 g/mol. The Labute approximate surface area is 206 Å². The molecule has 0 amide bonds. The smallest absolute Gasteiger partial charge is 0.200 e. The molecule has 0 unspecified atom stereocenters. The van der Waals surface area contributed by atoms with Crippen LogP contribution < -0.4 is 19.6 Å². The molecule has 0 bridgehead atoms. The van der Waals surface area contributed by atoms with Gasteiger partial charge in [-0.1, -0.05) is 48.7 Å². The van der Waals surface area contributed by atoms with Crippen molar-refractivity contribution in [3.05, 3.63) is 86.2 Å². The van der Waals surface area contributed by atoms with E-state index in [9.17, 15) is 4.79 Å². The average Bonchev–Trinajstić information content (AvgIpc) is 2.85. The van der Waals surface area contributed by atoms with E-state index in [2.05, 4.69) is 6.92 Å². The van der Waals surface area contributed by atoms with Gasteiger partial charge in [0.25, 0.3) is 0 Å². The van der Waals surface area contributed by atoms with Crippen LogP contribution in [0.3, 0.4) is 0 Å². The third-order valence-electron chi connectivity index (χ3n) is 5.71. The van der Waals surface area contributed by atoms with Crippen molar-refractivity contribution in [3.63, 3.8) is 0 Å². The highest BCUT2D eigenvalue weighted by Gasteiger charge is 2.17. The van der Waals surface area contributed by atoms with Crippen molar-refractivity contribution in [2.75, 3.05) is 13.2 Å². The number of aryl methyl sites for hydroxylation is 1. The van der Waals surface area contributed by atoms with Crippen molar-refractivity contribution in [1.82, 2.24) is 0 Å². The van der Waals surface area contributed by atoms with Crippen LogP contribution in [0.2, 0.25) is 10.0 Å². The summed E-state index contributed by atoms with van der Waals surface area (Å²) >= 11 is 12.1. The first-order valence-electron chi connectivity index (χ1n) is 11.1. The van der Waals surface area contributed by atoms with E-state index in [1.165, 1.54) is 6.26 Å². The fraction of sp³-hybridized carbons (Fsp3) is 0.222. The minimum atomic E-state index is -0.105. The zero-order chi connectivity index (χ0) is 23.7. The fourth-order valence-electron chi connectivity index (χ4n) is 4.00. The number of hydrogen-bond donors (Lipinski definition) is 0. The van der Waals surface area contributed by atoms with Crippen molar-refractivity contribution < 1.29 is 18.6 Å². The van der Waals surface area contributed by atoms with Crippen LogP contribution in [0, 0.1) is 0 Å². The lowest BCUT2D eigenvalue weighted by Crippen LogP contribution is -2.15. The minimum Gasteiger partial charge on any atom is -0.488 e. The molecular formula is C27H22Cl2O5. The molecular weight excluding hydrogens is 475 g/mol. The topological polar surface area (TPSA) is 57.9 Å². The van der Waals surface area contributed by atoms with E-state index in [0.717, 1.165) is 29.5 Å². The van der Waals surface area contributed by atoms with Gasteiger partial charge in [0.05, 0.1) is 21.0 Å². The predicted octanol–water partition coefficient (Wildman–Crippen LogP) is 7.07. The second kappa shape index (κ2) is 9.61. The van der Waals surface area contributed by atoms with Gasteiger partial charge in [0.15, 0.2) is 11.5 Å². The van der Waals surface area contributed by atoms with Crippen LogP contribution in [-0.4, -0.2) is 13.2 Å². The highest BCUT2D eigenvalue weighted by molar-refractivity contribution is 6.42. The number of benzene rings is 3. The lowest BCUT2D eigenvalue weighted by molar-refractivity contribution is 0.171. The normalized spacial score (nSPS) is 12.7. The fourth-order valence-corrected chi connectivity index (χ4v) is 4.32. The van der Waals surface area contributed by atoms with Gasteiger partial charge in [0.1, 0.15) is 37.4 Å². The molecule has 0 radical (unpaired) electrons. The van der Waals surface area contributed by atoms with E-state index in [1.54, 1.807) is 18.2 Å². The number of hydrogen-bond acceptors (Lipinski definition) is 5. The van der Waals surface area contributed by atoms with E-state index in [-0.39, 0.29) is 5.43 Å². The number of ether oxygens (including phenoxy) is 3. The summed E-state index contributed by atoms with van der Waals surface area (Å²) in [5.74, 6) is 1.98. The van der Waals surface area contributed by atoms with E-state index >= 15 is 0 Å². The predicted molar refractivity (Wildman–Crippen MR) is 134 cm³/mol. The van der Waals surface area contributed by atoms with Crippen LogP contribution in [-0.2, 0) is 13.0 Å². The van der Waals surface area contributed by atoms with Crippen LogP contribution in [0.1, 0.15) is 24.5 Å². The molecule has 5 rings (SSSR count). The first kappa shape index (κ1) is 22.6. The van der Waals surface area contributed by atoms with Gasteiger partial charge in [0.2, 0.25) is 5.43 Å². The van der Waals surface area contributed by atoms with Crippen LogP contribution in [0.25, 0.3) is 22.1 Å². The number of fused-ring (bicyclic) bond motifs is 2. The average molecular weight is 497 g/mol. The first-order valence-corrected chi connectivity index (χ1v) is 11.8. The van der Waals surface area contributed by atoms with Gasteiger partial charge >= 0.3 is 0 Å². The Morgan fingerprint density at radius 2 is 1.76 bits per heavy atom. The van der Waals surface area contributed by atoms with Crippen molar-refractivity contribution in [2.45, 2.75) is 26.4 Å². The van der Waals surface area contributed by atoms with Gasteiger partial charge in [-0.2, -0.15) is 0 Å². The summed E-state index contributed by atoms with van der Waals surface area (Å²) in [6.07, 6.45) is 3.15. The molecule has 0 fully saturated rings. The Kier molecular flexibility index (Phi) is 6.40. The lowest BCUT2D eigenvalue weighted by Gasteiger charge is -2.18. The van der Waals surface area contributed by atoms with Crippen LogP contribution in [0.5, 0.6) is 17.2 Å². The summed E-state index contributed by atoms with van der Waals surface area (Å²) in [5.41, 5.74) is 3.39. The molecule has 7 heteroatoms. The largest absolute Gasteiger partial charge is 0.488 e. The van der Waals surface area contributed by atoms with E-state index in [1.807, 2.05) is 30.3 Å². The molecule has 4 aromatic rings. The summed E-state index contributed by atoms with van der Waals surface area (Å²) in [4.78, 5) is 13.4. The van der Waals surface area contributed by atoms with Crippen LogP contribution in [0.4, 0.5) is 0 Å². The first-order chi connectivity index (χ1) is 16.5. The molecule has 174 valence electrons. The molecule has 3 aromatic carbocycles. The lowest BCUT2D eigenvalue weighted by atomic mass is 10.0. The molecule has 0 saturated carbocycles. The molecule has 5 nitrogen and oxygen atoms in total. The molecule has 0 N–H and O–H groups in total. The summed E-state index contributed by atoms with van der Waals surface area (Å²) in [6.45, 7) is 3.40. The quantitative estimate of drug-likeness (QED) is 0.285. The van der Waals surface area contributed by atoms with E-state index in [4.69, 9.17) is 41.8 Å². The molecule has 0 spiro atoms. The van der Waals surface area contributed by atoms with Crippen molar-refractivity contribution in [3.8, 4) is 28.4 Å². The van der Waals surface area contributed by atoms with Gasteiger partial charge < -0.3 is 18.6 Å². The van der Waals surface area contributed by atoms with Gasteiger partial charge in [0, 0.05) is 6.07 Å². The van der Waals surface area contributed by atoms with Crippen molar-refractivity contribution in [1.29, 1.82) is 0 Å². The van der Waals surface area contributed by atoms with Crippen molar-refractivity contribution in [2.24, 2.45) is 0 Å². The minimum absolute atomic E-state index is 0.105. The van der Waals surface area contributed by atoms with E-state index in [0.29, 0.717) is 63.6 Å². The third kappa shape index (κ3) is 4.46. The van der Waals surface area contributed by atoms with Gasteiger partial charge in [-0.25, -0.2) is 0 Å². The Balaban J connectivity index is 1.50. The Hall–Kier alpha value is -3.15. The maximum Gasteiger partial charge on any atom is 0.200 e. The van der Waals surface area contributed by atoms with Gasteiger partial charge in [-0.05, 0) is 53.4 Å². The second-order valence-electron chi connectivity index (χ2n) is 8.08. The number of rotatable bonds is 6. The Morgan fingerprint density at radius 1 is 0.941 bits per heavy atom. The van der Waals surface area contributed by atoms with Crippen LogP contribution >= 0.6 is 23.2 Å². The van der Waals surface area contributed by atoms with Crippen LogP contribution in [0.15, 0.2) is 64.0 Å². The maximum absolute atomic E-state index is 13.4. The number of halogens is 2. The Bertz CT molecular complexity index is 1430. The molecule has 1 aliphatic heterocycles. The summed E-state index contributed by atoms with van der Waals surface area (Å²) < 4.78 is 23.2. The summed E-state index contributed by atoms with van der Waals surface area (Å²) in [5, 5.41) is 1.49. The second-order valence-corrected chi connectivity index (χ2v) is 8.89. The van der Waals surface area contributed by atoms with E-state index < -0.39 is 0 Å². The third-order valence-corrected chi connectivity index (χ3v) is 6.45. The standard InChI is InChI=1S/C27H22Cl2O5/c1-2-3-18-11-19-25(13-24(18)33-14-16-4-6-21(28)22(29)10-16)34-15-20(27(19)30)17-5-7-23-26(12-17)32-9-8-31-23/h4-7,10-13,15H,2-3,8-9,14H2,1H3. The molecule has 0 atom stereocenters. The highest BCUT2D eigenvalue weighted by Crippen LogP contribution is 2.35. The molecule has 0 saturated heterocycles. The molecule has 1 aromatic heterocycles. The molecule has 0 aliphatic carbocycles. The molecule has 2 heterocycles. The maximum atomic E-state index is 13.4. The zero-order valence-electron chi connectivity index (χ0n) is 18.5. The Morgan fingerprint density at radius 3 is 2.56 bits per heavy atom. The zero-order valence-corrected chi connectivity index (χ0v) is 20.0. The van der Waals surface area contributed by atoms with Gasteiger partial charge in [-0.15, -0.1) is 0 Å². The highest BCUT2D eigenvalue weighted by atomic mass is 35.5. The molecule has 1 aliphatic rings. The van der Waals surface area contributed by atoms with Crippen molar-refractivity contribution >= 4 is 34.2 Å². The summed E-state index contributed by atoms with van der Waals surface area (Å²) in [6, 6.07) is 14.5.